The van der Waals surface area contributed by atoms with E-state index in [1.165, 1.54) is 44.2 Å². The number of amides is 2. The van der Waals surface area contributed by atoms with Crippen LogP contribution in [-0.2, 0) is 25.6 Å². The predicted molar refractivity (Wildman–Crippen MR) is 209 cm³/mol. The molecule has 1 N–H and O–H groups in total. The summed E-state index contributed by atoms with van der Waals surface area (Å²) >= 11 is 0. The zero-order valence-electron chi connectivity index (χ0n) is 32.7. The molecule has 6 rings (SSSR count). The van der Waals surface area contributed by atoms with Gasteiger partial charge < -0.3 is 29.3 Å². The Bertz CT molecular complexity index is 1650. The zero-order chi connectivity index (χ0) is 38.9. The van der Waals surface area contributed by atoms with E-state index in [1.807, 2.05) is 45.1 Å². The molecular formula is C42H59FN6O6. The molecule has 1 aromatic carbocycles. The van der Waals surface area contributed by atoms with Crippen molar-refractivity contribution in [3.63, 3.8) is 0 Å². The van der Waals surface area contributed by atoms with Gasteiger partial charge in [-0.05, 0) is 80.0 Å². The van der Waals surface area contributed by atoms with Crippen LogP contribution in [0.3, 0.4) is 0 Å². The van der Waals surface area contributed by atoms with Gasteiger partial charge in [0.15, 0.2) is 0 Å². The second-order valence-corrected chi connectivity index (χ2v) is 15.9. The first kappa shape index (κ1) is 40.4. The van der Waals surface area contributed by atoms with Crippen molar-refractivity contribution in [3.05, 3.63) is 65.8 Å². The molecular weight excluding hydrogens is 703 g/mol. The molecule has 0 bridgehead atoms. The monoisotopic (exact) mass is 762 g/mol. The van der Waals surface area contributed by atoms with Crippen molar-refractivity contribution in [2.75, 3.05) is 57.3 Å². The number of aliphatic hydroxyl groups excluding tert-OH is 1. The number of hydrogen-bond donors (Lipinski definition) is 1. The molecule has 4 aliphatic rings. The lowest BCUT2D eigenvalue weighted by atomic mass is 9.91. The van der Waals surface area contributed by atoms with Crippen LogP contribution >= 0.6 is 0 Å². The van der Waals surface area contributed by atoms with E-state index >= 15 is 4.39 Å². The molecule has 2 aromatic rings. The van der Waals surface area contributed by atoms with Gasteiger partial charge in [-0.3, -0.25) is 19.2 Å². The molecule has 3 aliphatic heterocycles. The standard InChI is InChI=1S/C42H59FN6O6/c1-30-10-12-37(50)28-40(52)55-41(31(2)11-13-38(30)54-42(53)48-22-18-45(19-23-48)35-8-5-4-6-9-35)32(3)24-33-25-34(43)27-36(26-33)46-16-20-47(21-17-46)39(51)29-49-15-7-14-44-49/h7,11,13-15,24-27,30-31,35,37-38,41,50H,4-6,8-10,12,16-23,28-29H2,1-3H3/b13-11+,32-24+/t30-,31-,37+,38?,41-/m0/s1. The van der Waals surface area contributed by atoms with E-state index in [4.69, 9.17) is 9.47 Å². The maximum atomic E-state index is 15.1. The molecule has 1 saturated carbocycles. The van der Waals surface area contributed by atoms with Gasteiger partial charge in [0.25, 0.3) is 0 Å². The Morgan fingerprint density at radius 2 is 1.67 bits per heavy atom. The van der Waals surface area contributed by atoms with Gasteiger partial charge in [-0.1, -0.05) is 45.3 Å². The first-order valence-electron chi connectivity index (χ1n) is 20.3. The SMILES string of the molecule is C/C(=C\c1cc(F)cc(N2CCN(C(=O)Cn3cccn3)CC2)c1)[C@H]1OC(=O)C[C@H](O)CC[C@H](C)C(OC(=O)N2CCN(C3CCCCC3)CC2)/C=C/[C@@H]1C. The molecule has 5 atom stereocenters. The highest BCUT2D eigenvalue weighted by molar-refractivity contribution is 5.76. The van der Waals surface area contributed by atoms with Gasteiger partial charge in [0, 0.05) is 82.4 Å². The Hall–Kier alpha value is -4.23. The van der Waals surface area contributed by atoms with Crippen LogP contribution in [-0.4, -0.2) is 124 Å². The number of carbonyl (C=O) groups excluding carboxylic acids is 3. The number of cyclic esters (lactones) is 1. The molecule has 0 radical (unpaired) electrons. The summed E-state index contributed by atoms with van der Waals surface area (Å²) in [7, 11) is 0. The van der Waals surface area contributed by atoms with Crippen LogP contribution in [0.2, 0.25) is 0 Å². The van der Waals surface area contributed by atoms with Gasteiger partial charge in [0.2, 0.25) is 5.91 Å². The molecule has 1 aromatic heterocycles. The minimum absolute atomic E-state index is 0.00819. The minimum atomic E-state index is -0.894. The molecule has 1 aliphatic carbocycles. The van der Waals surface area contributed by atoms with Crippen LogP contribution in [0.4, 0.5) is 14.9 Å². The number of anilines is 1. The van der Waals surface area contributed by atoms with Crippen molar-refractivity contribution in [1.29, 1.82) is 0 Å². The second-order valence-electron chi connectivity index (χ2n) is 15.9. The molecule has 300 valence electrons. The molecule has 4 heterocycles. The molecule has 3 fully saturated rings. The van der Waals surface area contributed by atoms with E-state index in [2.05, 4.69) is 14.9 Å². The average Bonchev–Trinajstić information content (AvgIpc) is 3.70. The molecule has 55 heavy (non-hydrogen) atoms. The Morgan fingerprint density at radius 1 is 0.945 bits per heavy atom. The van der Waals surface area contributed by atoms with Gasteiger partial charge >= 0.3 is 12.1 Å². The molecule has 1 unspecified atom stereocenters. The van der Waals surface area contributed by atoms with Gasteiger partial charge in [-0.25, -0.2) is 9.18 Å². The number of aromatic nitrogens is 2. The number of carbonyl (C=O) groups is 3. The first-order chi connectivity index (χ1) is 26.5. The fourth-order valence-corrected chi connectivity index (χ4v) is 8.41. The highest BCUT2D eigenvalue weighted by atomic mass is 19.1. The topological polar surface area (TPSA) is 121 Å². The zero-order valence-corrected chi connectivity index (χ0v) is 32.7. The lowest BCUT2D eigenvalue weighted by Gasteiger charge is -2.40. The van der Waals surface area contributed by atoms with Gasteiger partial charge in [0.05, 0.1) is 12.5 Å². The number of aliphatic hydroxyl groups is 1. The molecule has 12 nitrogen and oxygen atoms in total. The summed E-state index contributed by atoms with van der Waals surface area (Å²) < 4.78 is 28.9. The fourth-order valence-electron chi connectivity index (χ4n) is 8.41. The van der Waals surface area contributed by atoms with Crippen molar-refractivity contribution in [3.8, 4) is 0 Å². The van der Waals surface area contributed by atoms with E-state index in [9.17, 15) is 19.5 Å². The van der Waals surface area contributed by atoms with Gasteiger partial charge in [-0.2, -0.15) is 5.10 Å². The van der Waals surface area contributed by atoms with Crippen molar-refractivity contribution in [2.24, 2.45) is 11.8 Å². The summed E-state index contributed by atoms with van der Waals surface area (Å²) in [5.74, 6) is -1.31. The molecule has 13 heteroatoms. The number of hydrogen-bond acceptors (Lipinski definition) is 9. The number of halogens is 1. The highest BCUT2D eigenvalue weighted by Crippen LogP contribution is 2.28. The smallest absolute Gasteiger partial charge is 0.410 e. The number of benzene rings is 1. The Kier molecular flexibility index (Phi) is 14.0. The largest absolute Gasteiger partial charge is 0.457 e. The summed E-state index contributed by atoms with van der Waals surface area (Å²) in [6, 6.07) is 7.25. The molecule has 2 saturated heterocycles. The van der Waals surface area contributed by atoms with E-state index in [1.54, 1.807) is 32.9 Å². The summed E-state index contributed by atoms with van der Waals surface area (Å²) in [6.45, 7) is 11.1. The summed E-state index contributed by atoms with van der Waals surface area (Å²) in [6.07, 6.45) is 13.8. The van der Waals surface area contributed by atoms with Crippen LogP contribution < -0.4 is 4.90 Å². The van der Waals surface area contributed by atoms with E-state index in [0.717, 1.165) is 13.1 Å². The minimum Gasteiger partial charge on any atom is -0.457 e. The number of piperazine rings is 2. The quantitative estimate of drug-likeness (QED) is 0.288. The normalized spacial score (nSPS) is 27.5. The van der Waals surface area contributed by atoms with Gasteiger partial charge in [0.1, 0.15) is 24.6 Å². The molecule has 2 amide bonds. The highest BCUT2D eigenvalue weighted by Gasteiger charge is 2.31. The summed E-state index contributed by atoms with van der Waals surface area (Å²) in [5, 5.41) is 14.9. The predicted octanol–water partition coefficient (Wildman–Crippen LogP) is 5.51. The third-order valence-electron chi connectivity index (χ3n) is 11.8. The molecule has 0 spiro atoms. The Balaban J connectivity index is 1.12. The van der Waals surface area contributed by atoms with Crippen molar-refractivity contribution in [1.82, 2.24) is 24.5 Å². The van der Waals surface area contributed by atoms with Crippen molar-refractivity contribution >= 4 is 29.7 Å². The van der Waals surface area contributed by atoms with E-state index in [0.29, 0.717) is 75.0 Å². The fraction of sp³-hybridized carbons (Fsp3) is 0.619. The Morgan fingerprint density at radius 3 is 2.38 bits per heavy atom. The average molecular weight is 763 g/mol. The lowest BCUT2D eigenvalue weighted by Crippen LogP contribution is -2.52. The van der Waals surface area contributed by atoms with Crippen LogP contribution in [0.1, 0.15) is 77.7 Å². The Labute approximate surface area is 324 Å². The maximum absolute atomic E-state index is 15.1. The number of esters is 1. The van der Waals surface area contributed by atoms with Crippen LogP contribution in [0.5, 0.6) is 0 Å². The third kappa shape index (κ3) is 11.2. The van der Waals surface area contributed by atoms with Crippen molar-refractivity contribution in [2.45, 2.75) is 103 Å². The van der Waals surface area contributed by atoms with Gasteiger partial charge in [-0.15, -0.1) is 0 Å². The third-order valence-corrected chi connectivity index (χ3v) is 11.8. The maximum Gasteiger partial charge on any atom is 0.410 e. The first-order valence-corrected chi connectivity index (χ1v) is 20.3. The van der Waals surface area contributed by atoms with Crippen LogP contribution in [0.25, 0.3) is 6.08 Å². The lowest BCUT2D eigenvalue weighted by molar-refractivity contribution is -0.151. The van der Waals surface area contributed by atoms with Crippen LogP contribution in [0, 0.1) is 17.7 Å². The second kappa shape index (κ2) is 19.1. The summed E-state index contributed by atoms with van der Waals surface area (Å²) in [5.41, 5.74) is 2.03. The van der Waals surface area contributed by atoms with Crippen LogP contribution in [0.15, 0.2) is 54.4 Å². The number of ether oxygens (including phenoxy) is 2. The summed E-state index contributed by atoms with van der Waals surface area (Å²) in [4.78, 5) is 47.5. The number of nitrogens with zero attached hydrogens (tertiary/aromatic N) is 6. The van der Waals surface area contributed by atoms with E-state index < -0.39 is 30.1 Å². The number of rotatable bonds is 7. The van der Waals surface area contributed by atoms with E-state index in [-0.39, 0.29) is 36.8 Å². The van der Waals surface area contributed by atoms with Crippen molar-refractivity contribution < 1.29 is 33.4 Å².